The summed E-state index contributed by atoms with van der Waals surface area (Å²) in [5.41, 5.74) is 1.45. The zero-order chi connectivity index (χ0) is 14.8. The van der Waals surface area contributed by atoms with E-state index in [2.05, 4.69) is 21.2 Å². The second-order valence-electron chi connectivity index (χ2n) is 4.76. The van der Waals surface area contributed by atoms with Crippen LogP contribution in [0.2, 0.25) is 0 Å². The van der Waals surface area contributed by atoms with Crippen LogP contribution in [-0.4, -0.2) is 5.11 Å². The topological polar surface area (TPSA) is 32.3 Å². The molecular weight excluding hydrogens is 333 g/mol. The number of fused-ring (bicyclic) bond motifs is 1. The van der Waals surface area contributed by atoms with Crippen LogP contribution in [-0.2, 0) is 6.54 Å². The molecule has 0 saturated carbocycles. The van der Waals surface area contributed by atoms with Gasteiger partial charge in [-0.25, -0.2) is 4.39 Å². The summed E-state index contributed by atoms with van der Waals surface area (Å²) in [4.78, 5) is 0. The van der Waals surface area contributed by atoms with Gasteiger partial charge in [-0.3, -0.25) is 0 Å². The van der Waals surface area contributed by atoms with Crippen molar-refractivity contribution in [1.29, 1.82) is 0 Å². The Labute approximate surface area is 130 Å². The highest BCUT2D eigenvalue weighted by Crippen LogP contribution is 2.29. The van der Waals surface area contributed by atoms with Gasteiger partial charge in [0.25, 0.3) is 0 Å². The van der Waals surface area contributed by atoms with Crippen molar-refractivity contribution >= 4 is 32.4 Å². The maximum absolute atomic E-state index is 13.3. The number of phenols is 1. The van der Waals surface area contributed by atoms with Gasteiger partial charge >= 0.3 is 0 Å². The smallest absolute Gasteiger partial charge is 0.125 e. The van der Waals surface area contributed by atoms with Crippen LogP contribution in [0.4, 0.5) is 10.1 Å². The van der Waals surface area contributed by atoms with Gasteiger partial charge in [0, 0.05) is 16.6 Å². The molecule has 0 aliphatic heterocycles. The number of halogens is 2. The second-order valence-corrected chi connectivity index (χ2v) is 5.62. The zero-order valence-electron chi connectivity index (χ0n) is 11.1. The Morgan fingerprint density at radius 2 is 1.86 bits per heavy atom. The van der Waals surface area contributed by atoms with Crippen LogP contribution < -0.4 is 5.32 Å². The van der Waals surface area contributed by atoms with Crippen molar-refractivity contribution < 1.29 is 9.50 Å². The minimum absolute atomic E-state index is 0.230. The van der Waals surface area contributed by atoms with Crippen LogP contribution >= 0.6 is 15.9 Å². The number of benzene rings is 3. The van der Waals surface area contributed by atoms with Gasteiger partial charge in [0.1, 0.15) is 11.6 Å². The highest BCUT2D eigenvalue weighted by Gasteiger charge is 2.08. The van der Waals surface area contributed by atoms with Crippen LogP contribution in [0.15, 0.2) is 59.1 Å². The lowest BCUT2D eigenvalue weighted by atomic mass is 10.0. The molecule has 106 valence electrons. The Morgan fingerprint density at radius 3 is 2.71 bits per heavy atom. The Bertz CT molecular complexity index is 804. The molecule has 3 rings (SSSR count). The maximum atomic E-state index is 13.3. The van der Waals surface area contributed by atoms with Crippen LogP contribution in [0.1, 0.15) is 5.56 Å². The molecule has 2 N–H and O–H groups in total. The molecule has 0 aromatic heterocycles. The van der Waals surface area contributed by atoms with E-state index in [1.165, 1.54) is 12.1 Å². The first-order chi connectivity index (χ1) is 10.1. The summed E-state index contributed by atoms with van der Waals surface area (Å²) in [5.74, 6) is -0.0726. The number of anilines is 1. The maximum Gasteiger partial charge on any atom is 0.125 e. The summed E-state index contributed by atoms with van der Waals surface area (Å²) in [7, 11) is 0. The van der Waals surface area contributed by atoms with E-state index in [4.69, 9.17) is 0 Å². The fraction of sp³-hybridized carbons (Fsp3) is 0.0588. The third kappa shape index (κ3) is 2.85. The fourth-order valence-corrected chi connectivity index (χ4v) is 2.71. The number of aromatic hydroxyl groups is 1. The molecule has 0 aliphatic rings. The first-order valence-corrected chi connectivity index (χ1v) is 7.33. The standard InChI is InChI=1S/C17H13BrFNO/c18-15-7-6-12(19)9-16(15)20-10-14-13-4-2-1-3-11(13)5-8-17(14)21/h1-9,20-21H,10H2. The van der Waals surface area contributed by atoms with E-state index >= 15 is 0 Å². The molecule has 0 spiro atoms. The summed E-state index contributed by atoms with van der Waals surface area (Å²) in [6.45, 7) is 0.412. The molecule has 4 heteroatoms. The van der Waals surface area contributed by atoms with Gasteiger partial charge < -0.3 is 10.4 Å². The number of hydrogen-bond acceptors (Lipinski definition) is 2. The van der Waals surface area contributed by atoms with E-state index < -0.39 is 0 Å². The fourth-order valence-electron chi connectivity index (χ4n) is 2.33. The molecule has 0 bridgehead atoms. The largest absolute Gasteiger partial charge is 0.508 e. The Morgan fingerprint density at radius 1 is 1.05 bits per heavy atom. The molecule has 3 aromatic carbocycles. The molecule has 3 aromatic rings. The molecule has 0 heterocycles. The molecular formula is C17H13BrFNO. The van der Waals surface area contributed by atoms with Crippen molar-refractivity contribution in [3.8, 4) is 5.75 Å². The zero-order valence-corrected chi connectivity index (χ0v) is 12.7. The summed E-state index contributed by atoms with van der Waals surface area (Å²) in [5, 5.41) is 15.3. The van der Waals surface area contributed by atoms with Gasteiger partial charge in [0.15, 0.2) is 0 Å². The monoisotopic (exact) mass is 345 g/mol. The number of phenolic OH excluding ortho intramolecular Hbond substituents is 1. The van der Waals surface area contributed by atoms with Crippen molar-refractivity contribution in [3.05, 3.63) is 70.5 Å². The van der Waals surface area contributed by atoms with Gasteiger partial charge in [-0.05, 0) is 51.0 Å². The van der Waals surface area contributed by atoms with Crippen molar-refractivity contribution in [2.24, 2.45) is 0 Å². The second kappa shape index (κ2) is 5.74. The van der Waals surface area contributed by atoms with E-state index in [-0.39, 0.29) is 11.6 Å². The number of hydrogen-bond donors (Lipinski definition) is 2. The average Bonchev–Trinajstić information content (AvgIpc) is 2.49. The first kappa shape index (κ1) is 13.9. The highest BCUT2D eigenvalue weighted by molar-refractivity contribution is 9.10. The van der Waals surface area contributed by atoms with Gasteiger partial charge in [0.05, 0.1) is 5.69 Å². The quantitative estimate of drug-likeness (QED) is 0.695. The summed E-state index contributed by atoms with van der Waals surface area (Å²) >= 11 is 3.38. The molecule has 0 saturated heterocycles. The molecule has 0 atom stereocenters. The summed E-state index contributed by atoms with van der Waals surface area (Å²) < 4.78 is 14.1. The molecule has 0 radical (unpaired) electrons. The van der Waals surface area contributed by atoms with E-state index in [1.54, 1.807) is 12.1 Å². The van der Waals surface area contributed by atoms with Crippen LogP contribution in [0.3, 0.4) is 0 Å². The Hall–Kier alpha value is -2.07. The molecule has 0 amide bonds. The lowest BCUT2D eigenvalue weighted by Crippen LogP contribution is -2.01. The predicted molar refractivity (Wildman–Crippen MR) is 87.0 cm³/mol. The minimum atomic E-state index is -0.303. The Kier molecular flexibility index (Phi) is 3.80. The SMILES string of the molecule is Oc1ccc2ccccc2c1CNc1cc(F)ccc1Br. The summed E-state index contributed by atoms with van der Waals surface area (Å²) in [6, 6.07) is 15.9. The lowest BCUT2D eigenvalue weighted by molar-refractivity contribution is 0.470. The number of nitrogens with one attached hydrogen (secondary N) is 1. The Balaban J connectivity index is 1.95. The minimum Gasteiger partial charge on any atom is -0.508 e. The summed E-state index contributed by atoms with van der Waals surface area (Å²) in [6.07, 6.45) is 0. The van der Waals surface area contributed by atoms with E-state index in [9.17, 15) is 9.50 Å². The highest BCUT2D eigenvalue weighted by atomic mass is 79.9. The van der Waals surface area contributed by atoms with Gasteiger partial charge in [-0.1, -0.05) is 30.3 Å². The lowest BCUT2D eigenvalue weighted by Gasteiger charge is -2.12. The van der Waals surface area contributed by atoms with Crippen molar-refractivity contribution in [3.63, 3.8) is 0 Å². The first-order valence-electron chi connectivity index (χ1n) is 6.53. The molecule has 0 aliphatic carbocycles. The molecule has 0 fully saturated rings. The predicted octanol–water partition coefficient (Wildman–Crippen LogP) is 5.06. The van der Waals surface area contributed by atoms with Crippen molar-refractivity contribution in [1.82, 2.24) is 0 Å². The third-order valence-electron chi connectivity index (χ3n) is 3.40. The van der Waals surface area contributed by atoms with E-state index in [1.807, 2.05) is 30.3 Å². The van der Waals surface area contributed by atoms with E-state index in [0.717, 1.165) is 20.8 Å². The van der Waals surface area contributed by atoms with Crippen LogP contribution in [0, 0.1) is 5.82 Å². The van der Waals surface area contributed by atoms with E-state index in [0.29, 0.717) is 12.2 Å². The van der Waals surface area contributed by atoms with Crippen molar-refractivity contribution in [2.45, 2.75) is 6.54 Å². The van der Waals surface area contributed by atoms with Gasteiger partial charge in [-0.15, -0.1) is 0 Å². The third-order valence-corrected chi connectivity index (χ3v) is 4.09. The van der Waals surface area contributed by atoms with Crippen LogP contribution in [0.5, 0.6) is 5.75 Å². The average molecular weight is 346 g/mol. The molecule has 0 unspecified atom stereocenters. The molecule has 21 heavy (non-hydrogen) atoms. The van der Waals surface area contributed by atoms with Gasteiger partial charge in [-0.2, -0.15) is 0 Å². The van der Waals surface area contributed by atoms with Crippen LogP contribution in [0.25, 0.3) is 10.8 Å². The van der Waals surface area contributed by atoms with Crippen molar-refractivity contribution in [2.75, 3.05) is 5.32 Å². The number of rotatable bonds is 3. The van der Waals surface area contributed by atoms with Gasteiger partial charge in [0.2, 0.25) is 0 Å². The molecule has 2 nitrogen and oxygen atoms in total. The normalized spacial score (nSPS) is 10.8.